The van der Waals surface area contributed by atoms with Crippen LogP contribution in [0.5, 0.6) is 0 Å². The summed E-state index contributed by atoms with van der Waals surface area (Å²) >= 11 is 6.77. The van der Waals surface area contributed by atoms with Crippen molar-refractivity contribution in [2.24, 2.45) is 0 Å². The lowest BCUT2D eigenvalue weighted by Gasteiger charge is -2.35. The SMILES string of the molecule is O=C(O)c1ccc([Si](c2ccccc2)(c2ccccc2)c2ccc(C(=O)O)cc2Cl)cc1. The van der Waals surface area contributed by atoms with E-state index in [9.17, 15) is 19.8 Å². The highest BCUT2D eigenvalue weighted by molar-refractivity contribution is 7.20. The van der Waals surface area contributed by atoms with Crippen LogP contribution in [0.1, 0.15) is 20.7 Å². The molecule has 2 N–H and O–H groups in total. The predicted octanol–water partition coefficient (Wildman–Crippen LogP) is 3.11. The number of aromatic carboxylic acids is 2. The summed E-state index contributed by atoms with van der Waals surface area (Å²) in [6, 6.07) is 31.7. The van der Waals surface area contributed by atoms with Crippen molar-refractivity contribution < 1.29 is 19.8 Å². The number of rotatable bonds is 6. The van der Waals surface area contributed by atoms with Gasteiger partial charge >= 0.3 is 11.9 Å². The molecule has 0 aromatic heterocycles. The normalized spacial score (nSPS) is 11.2. The fraction of sp³-hybridized carbons (Fsp3) is 0. The van der Waals surface area contributed by atoms with Crippen molar-refractivity contribution in [3.8, 4) is 0 Å². The average molecular weight is 459 g/mol. The number of carboxylic acid groups (broad SMARTS) is 2. The van der Waals surface area contributed by atoms with Crippen LogP contribution in [0.2, 0.25) is 5.02 Å². The Balaban J connectivity index is 2.11. The molecule has 158 valence electrons. The summed E-state index contributed by atoms with van der Waals surface area (Å²) in [7, 11) is -2.98. The Morgan fingerprint density at radius 2 is 1.03 bits per heavy atom. The summed E-state index contributed by atoms with van der Waals surface area (Å²) in [4.78, 5) is 23.0. The number of carboxylic acids is 2. The molecule has 4 rings (SSSR count). The molecule has 0 amide bonds. The van der Waals surface area contributed by atoms with Crippen molar-refractivity contribution >= 4 is 52.4 Å². The second-order valence-electron chi connectivity index (χ2n) is 7.36. The summed E-state index contributed by atoms with van der Waals surface area (Å²) in [5.41, 5.74) is 0.314. The monoisotopic (exact) mass is 458 g/mol. The van der Waals surface area contributed by atoms with E-state index in [0.29, 0.717) is 5.02 Å². The standard InChI is InChI=1S/C26H19ClO4Si/c27-23-17-19(26(30)31)13-16-24(23)32(20-7-3-1-4-8-20,21-9-5-2-6-10-21)22-14-11-18(12-15-22)25(28)29/h1-17H,(H,28,29)(H,30,31). The molecule has 4 aromatic rings. The summed E-state index contributed by atoms with van der Waals surface area (Å²) in [6.07, 6.45) is 0. The molecule has 0 saturated carbocycles. The second-order valence-corrected chi connectivity index (χ2v) is 11.5. The molecule has 0 atom stereocenters. The molecular weight excluding hydrogens is 440 g/mol. The van der Waals surface area contributed by atoms with Crippen LogP contribution in [0.4, 0.5) is 0 Å². The molecular formula is C26H19ClO4Si. The molecule has 0 aliphatic carbocycles. The first-order chi connectivity index (χ1) is 15.4. The van der Waals surface area contributed by atoms with E-state index in [0.717, 1.165) is 20.7 Å². The molecule has 32 heavy (non-hydrogen) atoms. The van der Waals surface area contributed by atoms with Gasteiger partial charge in [0.1, 0.15) is 0 Å². The quantitative estimate of drug-likeness (QED) is 0.344. The van der Waals surface area contributed by atoms with Crippen LogP contribution in [0.3, 0.4) is 0 Å². The smallest absolute Gasteiger partial charge is 0.335 e. The Morgan fingerprint density at radius 3 is 1.47 bits per heavy atom. The minimum absolute atomic E-state index is 0.115. The maximum absolute atomic E-state index is 11.5. The minimum atomic E-state index is -2.98. The van der Waals surface area contributed by atoms with Crippen LogP contribution < -0.4 is 20.7 Å². The van der Waals surface area contributed by atoms with Gasteiger partial charge < -0.3 is 10.2 Å². The van der Waals surface area contributed by atoms with Crippen LogP contribution in [0.25, 0.3) is 0 Å². The van der Waals surface area contributed by atoms with E-state index in [4.69, 9.17) is 11.6 Å². The fourth-order valence-electron chi connectivity index (χ4n) is 4.16. The first-order valence-corrected chi connectivity index (χ1v) is 12.3. The summed E-state index contributed by atoms with van der Waals surface area (Å²) in [6.45, 7) is 0. The number of hydrogen-bond donors (Lipinski definition) is 2. The maximum atomic E-state index is 11.5. The highest BCUT2D eigenvalue weighted by atomic mass is 35.5. The van der Waals surface area contributed by atoms with Gasteiger partial charge in [0, 0.05) is 5.02 Å². The third-order valence-corrected chi connectivity index (χ3v) is 10.9. The molecule has 0 aliphatic heterocycles. The van der Waals surface area contributed by atoms with E-state index in [1.165, 1.54) is 6.07 Å². The molecule has 0 saturated heterocycles. The number of hydrogen-bond acceptors (Lipinski definition) is 2. The van der Waals surface area contributed by atoms with E-state index in [-0.39, 0.29) is 11.1 Å². The number of carbonyl (C=O) groups is 2. The summed E-state index contributed by atoms with van der Waals surface area (Å²) in [5.74, 6) is -2.04. The molecule has 0 bridgehead atoms. The molecule has 0 spiro atoms. The van der Waals surface area contributed by atoms with Gasteiger partial charge in [-0.2, -0.15) is 0 Å². The molecule has 0 fully saturated rings. The Kier molecular flexibility index (Phi) is 5.94. The van der Waals surface area contributed by atoms with Gasteiger partial charge in [-0.3, -0.25) is 0 Å². The topological polar surface area (TPSA) is 74.6 Å². The first-order valence-electron chi connectivity index (χ1n) is 9.93. The average Bonchev–Trinajstić information content (AvgIpc) is 2.82. The maximum Gasteiger partial charge on any atom is 0.335 e. The van der Waals surface area contributed by atoms with Gasteiger partial charge in [0.25, 0.3) is 0 Å². The van der Waals surface area contributed by atoms with Crippen molar-refractivity contribution in [3.63, 3.8) is 0 Å². The van der Waals surface area contributed by atoms with E-state index in [1.807, 2.05) is 72.8 Å². The van der Waals surface area contributed by atoms with Crippen molar-refractivity contribution in [1.29, 1.82) is 0 Å². The van der Waals surface area contributed by atoms with E-state index in [2.05, 4.69) is 0 Å². The lowest BCUT2D eigenvalue weighted by Crippen LogP contribution is -2.75. The lowest BCUT2D eigenvalue weighted by atomic mass is 10.2. The van der Waals surface area contributed by atoms with Crippen LogP contribution in [0.15, 0.2) is 103 Å². The van der Waals surface area contributed by atoms with Gasteiger partial charge in [-0.25, -0.2) is 9.59 Å². The van der Waals surface area contributed by atoms with Crippen LogP contribution in [-0.2, 0) is 0 Å². The third-order valence-electron chi connectivity index (χ3n) is 5.60. The van der Waals surface area contributed by atoms with E-state index in [1.54, 1.807) is 24.3 Å². The Bertz CT molecular complexity index is 1230. The van der Waals surface area contributed by atoms with E-state index < -0.39 is 20.0 Å². The van der Waals surface area contributed by atoms with Crippen molar-refractivity contribution in [3.05, 3.63) is 119 Å². The Morgan fingerprint density at radius 1 is 0.594 bits per heavy atom. The van der Waals surface area contributed by atoms with Crippen molar-refractivity contribution in [2.45, 2.75) is 0 Å². The van der Waals surface area contributed by atoms with Gasteiger partial charge in [-0.1, -0.05) is 90.5 Å². The molecule has 0 unspecified atom stereocenters. The first kappa shape index (κ1) is 21.6. The molecule has 6 heteroatoms. The highest BCUT2D eigenvalue weighted by Crippen LogP contribution is 2.17. The van der Waals surface area contributed by atoms with Crippen molar-refractivity contribution in [2.75, 3.05) is 0 Å². The lowest BCUT2D eigenvalue weighted by molar-refractivity contribution is 0.0686. The fourth-order valence-corrected chi connectivity index (χ4v) is 9.51. The van der Waals surface area contributed by atoms with E-state index >= 15 is 0 Å². The molecule has 0 heterocycles. The van der Waals surface area contributed by atoms with Crippen LogP contribution >= 0.6 is 11.6 Å². The summed E-state index contributed by atoms with van der Waals surface area (Å²) < 4.78 is 0. The minimum Gasteiger partial charge on any atom is -0.478 e. The van der Waals surface area contributed by atoms with Crippen molar-refractivity contribution in [1.82, 2.24) is 0 Å². The second kappa shape index (κ2) is 8.83. The van der Waals surface area contributed by atoms with Crippen LogP contribution in [0, 0.1) is 0 Å². The van der Waals surface area contributed by atoms with Gasteiger partial charge in [0.2, 0.25) is 0 Å². The molecule has 0 aliphatic rings. The Hall–Kier alpha value is -3.67. The molecule has 4 aromatic carbocycles. The highest BCUT2D eigenvalue weighted by Gasteiger charge is 2.43. The zero-order valence-corrected chi connectivity index (χ0v) is 18.7. The van der Waals surface area contributed by atoms with Gasteiger partial charge in [-0.15, -0.1) is 0 Å². The van der Waals surface area contributed by atoms with Gasteiger partial charge in [0.15, 0.2) is 8.07 Å². The van der Waals surface area contributed by atoms with Crippen LogP contribution in [-0.4, -0.2) is 30.2 Å². The summed E-state index contributed by atoms with van der Waals surface area (Å²) in [5, 5.41) is 23.1. The van der Waals surface area contributed by atoms with Gasteiger partial charge in [-0.05, 0) is 45.0 Å². The Labute approximate surface area is 191 Å². The number of benzene rings is 4. The predicted molar refractivity (Wildman–Crippen MR) is 129 cm³/mol. The zero-order valence-electron chi connectivity index (χ0n) is 16.9. The largest absolute Gasteiger partial charge is 0.478 e. The third kappa shape index (κ3) is 3.73. The molecule has 0 radical (unpaired) electrons. The number of halogens is 1. The van der Waals surface area contributed by atoms with Gasteiger partial charge in [0.05, 0.1) is 11.1 Å². The molecule has 4 nitrogen and oxygen atoms in total. The zero-order chi connectivity index (χ0) is 22.7.